The molecule has 0 heterocycles. The highest BCUT2D eigenvalue weighted by molar-refractivity contribution is 9.10. The summed E-state index contributed by atoms with van der Waals surface area (Å²) in [5.41, 5.74) is 0.696. The van der Waals surface area contributed by atoms with Gasteiger partial charge in [-0.25, -0.2) is 12.8 Å². The summed E-state index contributed by atoms with van der Waals surface area (Å²) in [5.74, 6) is -0.377. The summed E-state index contributed by atoms with van der Waals surface area (Å²) in [7, 11) is -1.99. The van der Waals surface area contributed by atoms with E-state index in [1.165, 1.54) is 19.2 Å². The molecule has 1 aromatic rings. The minimum absolute atomic E-state index is 0.174. The van der Waals surface area contributed by atoms with Gasteiger partial charge >= 0.3 is 0 Å². The fourth-order valence-corrected chi connectivity index (χ4v) is 2.12. The van der Waals surface area contributed by atoms with Crippen LogP contribution in [0, 0.1) is 5.82 Å². The molecule has 0 aliphatic carbocycles. The number of rotatable bonds is 4. The third-order valence-corrected chi connectivity index (χ3v) is 4.06. The Balaban J connectivity index is 2.89. The van der Waals surface area contributed by atoms with E-state index in [-0.39, 0.29) is 12.4 Å². The van der Waals surface area contributed by atoms with Crippen LogP contribution in [0.25, 0.3) is 0 Å². The Morgan fingerprint density at radius 1 is 1.56 bits per heavy atom. The first-order chi connectivity index (χ1) is 7.36. The first-order valence-corrected chi connectivity index (χ1v) is 6.69. The molecule has 0 saturated heterocycles. The molecule has 0 aliphatic heterocycles. The lowest BCUT2D eigenvalue weighted by molar-refractivity contribution is 0.474. The van der Waals surface area contributed by atoms with E-state index in [1.54, 1.807) is 6.07 Å². The molecule has 6 heteroatoms. The van der Waals surface area contributed by atoms with Gasteiger partial charge in [0.2, 0.25) is 10.0 Å². The van der Waals surface area contributed by atoms with Crippen molar-refractivity contribution < 1.29 is 12.8 Å². The Hall–Kier alpha value is -0.720. The number of benzene rings is 1. The van der Waals surface area contributed by atoms with Crippen LogP contribution < -0.4 is 0 Å². The van der Waals surface area contributed by atoms with Crippen LogP contribution in [0.4, 0.5) is 4.39 Å². The van der Waals surface area contributed by atoms with Gasteiger partial charge in [-0.05, 0) is 33.6 Å². The van der Waals surface area contributed by atoms with Crippen molar-refractivity contribution in [3.05, 3.63) is 46.0 Å². The second-order valence-electron chi connectivity index (χ2n) is 3.22. The van der Waals surface area contributed by atoms with E-state index in [9.17, 15) is 12.8 Å². The molecule has 0 aliphatic rings. The molecule has 0 unspecified atom stereocenters. The summed E-state index contributed by atoms with van der Waals surface area (Å²) < 4.78 is 37.1. The van der Waals surface area contributed by atoms with Gasteiger partial charge in [-0.1, -0.05) is 12.6 Å². The lowest BCUT2D eigenvalue weighted by Gasteiger charge is -2.14. The quantitative estimate of drug-likeness (QED) is 0.857. The van der Waals surface area contributed by atoms with Gasteiger partial charge < -0.3 is 0 Å². The Kier molecular flexibility index (Phi) is 4.23. The highest BCUT2D eigenvalue weighted by Crippen LogP contribution is 2.18. The van der Waals surface area contributed by atoms with Crippen LogP contribution in [0.3, 0.4) is 0 Å². The maximum absolute atomic E-state index is 12.9. The van der Waals surface area contributed by atoms with E-state index in [2.05, 4.69) is 22.5 Å². The molecular formula is C10H11BrFNO2S. The molecular weight excluding hydrogens is 297 g/mol. The van der Waals surface area contributed by atoms with Crippen molar-refractivity contribution in [2.45, 2.75) is 6.54 Å². The molecule has 0 fully saturated rings. The molecule has 1 rings (SSSR count). The van der Waals surface area contributed by atoms with Crippen molar-refractivity contribution in [3.8, 4) is 0 Å². The van der Waals surface area contributed by atoms with Gasteiger partial charge in [0.25, 0.3) is 0 Å². The van der Waals surface area contributed by atoms with E-state index < -0.39 is 10.0 Å². The molecule has 0 bridgehead atoms. The van der Waals surface area contributed by atoms with Gasteiger partial charge in [-0.3, -0.25) is 0 Å². The summed E-state index contributed by atoms with van der Waals surface area (Å²) in [4.78, 5) is 0. The zero-order valence-corrected chi connectivity index (χ0v) is 11.1. The minimum Gasteiger partial charge on any atom is -0.208 e. The number of hydrogen-bond donors (Lipinski definition) is 0. The van der Waals surface area contributed by atoms with Gasteiger partial charge in [-0.2, -0.15) is 4.31 Å². The van der Waals surface area contributed by atoms with Gasteiger partial charge in [0.15, 0.2) is 0 Å². The molecule has 1 aromatic carbocycles. The molecule has 0 atom stereocenters. The fraction of sp³-hybridized carbons (Fsp3) is 0.200. The summed E-state index contributed by atoms with van der Waals surface area (Å²) in [5, 5.41) is 0.881. The molecule has 0 aromatic heterocycles. The first kappa shape index (κ1) is 13.3. The highest BCUT2D eigenvalue weighted by Gasteiger charge is 2.13. The van der Waals surface area contributed by atoms with Crippen molar-refractivity contribution >= 4 is 26.0 Å². The molecule has 0 saturated carbocycles. The SMILES string of the molecule is C=CS(=O)(=O)N(C)Cc1ccc(F)c(Br)c1. The molecule has 3 nitrogen and oxygen atoms in total. The van der Waals surface area contributed by atoms with Gasteiger partial charge in [-0.15, -0.1) is 0 Å². The predicted molar refractivity (Wildman–Crippen MR) is 64.7 cm³/mol. The smallest absolute Gasteiger partial charge is 0.208 e. The maximum Gasteiger partial charge on any atom is 0.235 e. The normalized spacial score (nSPS) is 11.8. The number of hydrogen-bond acceptors (Lipinski definition) is 2. The lowest BCUT2D eigenvalue weighted by Crippen LogP contribution is -2.24. The first-order valence-electron chi connectivity index (χ1n) is 4.39. The zero-order valence-electron chi connectivity index (χ0n) is 8.65. The van der Waals surface area contributed by atoms with Crippen molar-refractivity contribution in [1.29, 1.82) is 0 Å². The van der Waals surface area contributed by atoms with E-state index in [0.717, 1.165) is 9.71 Å². The fourth-order valence-electron chi connectivity index (χ4n) is 1.11. The Morgan fingerprint density at radius 2 is 2.19 bits per heavy atom. The summed E-state index contributed by atoms with van der Waals surface area (Å²) in [6.45, 7) is 3.40. The Bertz CT molecular complexity index is 502. The van der Waals surface area contributed by atoms with Gasteiger partial charge in [0.05, 0.1) is 4.47 Å². The minimum atomic E-state index is -3.43. The van der Waals surface area contributed by atoms with Crippen LogP contribution in [0.15, 0.2) is 34.7 Å². The molecule has 16 heavy (non-hydrogen) atoms. The van der Waals surface area contributed by atoms with E-state index in [1.807, 2.05) is 0 Å². The zero-order chi connectivity index (χ0) is 12.3. The van der Waals surface area contributed by atoms with Crippen LogP contribution in [-0.2, 0) is 16.6 Å². The van der Waals surface area contributed by atoms with Crippen LogP contribution in [-0.4, -0.2) is 19.8 Å². The second kappa shape index (κ2) is 5.07. The molecule has 0 radical (unpaired) electrons. The highest BCUT2D eigenvalue weighted by atomic mass is 79.9. The van der Waals surface area contributed by atoms with E-state index in [4.69, 9.17) is 0 Å². The summed E-state index contributed by atoms with van der Waals surface area (Å²) in [6, 6.07) is 4.37. The number of sulfonamides is 1. The predicted octanol–water partition coefficient (Wildman–Crippen LogP) is 2.49. The largest absolute Gasteiger partial charge is 0.235 e. The van der Waals surface area contributed by atoms with Crippen molar-refractivity contribution in [3.63, 3.8) is 0 Å². The summed E-state index contributed by atoms with van der Waals surface area (Å²) >= 11 is 3.04. The van der Waals surface area contributed by atoms with Gasteiger partial charge in [0.1, 0.15) is 5.82 Å². The number of nitrogens with zero attached hydrogens (tertiary/aromatic N) is 1. The van der Waals surface area contributed by atoms with E-state index >= 15 is 0 Å². The standard InChI is InChI=1S/C10H11BrFNO2S/c1-3-16(14,15)13(2)7-8-4-5-10(12)9(11)6-8/h3-6H,1,7H2,2H3. The molecule has 0 N–H and O–H groups in total. The third kappa shape index (κ3) is 3.13. The lowest BCUT2D eigenvalue weighted by atomic mass is 10.2. The topological polar surface area (TPSA) is 37.4 Å². The van der Waals surface area contributed by atoms with Crippen LogP contribution >= 0.6 is 15.9 Å². The van der Waals surface area contributed by atoms with Crippen molar-refractivity contribution in [1.82, 2.24) is 4.31 Å². The molecule has 88 valence electrons. The van der Waals surface area contributed by atoms with Gasteiger partial charge in [0, 0.05) is 19.0 Å². The maximum atomic E-state index is 12.9. The average molecular weight is 308 g/mol. The second-order valence-corrected chi connectivity index (χ2v) is 6.06. The average Bonchev–Trinajstić information content (AvgIpc) is 2.23. The third-order valence-electron chi connectivity index (χ3n) is 2.03. The van der Waals surface area contributed by atoms with E-state index in [0.29, 0.717) is 10.0 Å². The van der Waals surface area contributed by atoms with Crippen molar-refractivity contribution in [2.24, 2.45) is 0 Å². The molecule has 0 amide bonds. The number of halogens is 2. The van der Waals surface area contributed by atoms with Crippen LogP contribution in [0.2, 0.25) is 0 Å². The monoisotopic (exact) mass is 307 g/mol. The van der Waals surface area contributed by atoms with Crippen LogP contribution in [0.5, 0.6) is 0 Å². The van der Waals surface area contributed by atoms with Crippen LogP contribution in [0.1, 0.15) is 5.56 Å². The van der Waals surface area contributed by atoms with Crippen molar-refractivity contribution in [2.75, 3.05) is 7.05 Å². The summed E-state index contributed by atoms with van der Waals surface area (Å²) in [6.07, 6.45) is 0. The Labute approximate surface area is 103 Å². The Morgan fingerprint density at radius 3 is 2.69 bits per heavy atom. The molecule has 0 spiro atoms.